The van der Waals surface area contributed by atoms with Crippen LogP contribution in [0, 0.1) is 0 Å². The van der Waals surface area contributed by atoms with Gasteiger partial charge >= 0.3 is 6.18 Å². The number of rotatable bonds is 4. The molecule has 1 aliphatic heterocycles. The van der Waals surface area contributed by atoms with Gasteiger partial charge in [-0.3, -0.25) is 4.68 Å². The summed E-state index contributed by atoms with van der Waals surface area (Å²) in [5.74, 6) is 0.511. The highest BCUT2D eigenvalue weighted by Gasteiger charge is 2.26. The Balaban J connectivity index is 1.91. The summed E-state index contributed by atoms with van der Waals surface area (Å²) in [6.07, 6.45) is -3.39. The van der Waals surface area contributed by atoms with Gasteiger partial charge in [-0.15, -0.1) is 0 Å². The van der Waals surface area contributed by atoms with Crippen molar-refractivity contribution in [1.82, 2.24) is 9.78 Å². The van der Waals surface area contributed by atoms with Crippen LogP contribution >= 0.6 is 0 Å². The first-order valence-corrected chi connectivity index (χ1v) is 7.13. The molecule has 0 atom stereocenters. The predicted octanol–water partition coefficient (Wildman–Crippen LogP) is 4.11. The second kappa shape index (κ2) is 5.64. The second-order valence-corrected chi connectivity index (χ2v) is 5.38. The highest BCUT2D eigenvalue weighted by atomic mass is 19.4. The van der Waals surface area contributed by atoms with Crippen LogP contribution in [0.5, 0.6) is 11.5 Å². The summed E-state index contributed by atoms with van der Waals surface area (Å²) in [5, 5.41) is 15.6. The van der Waals surface area contributed by atoms with Gasteiger partial charge in [0.2, 0.25) is 0 Å². The predicted molar refractivity (Wildman–Crippen MR) is 79.8 cm³/mol. The van der Waals surface area contributed by atoms with Gasteiger partial charge < -0.3 is 9.84 Å². The molecular weight excluding hydrogens is 309 g/mol. The van der Waals surface area contributed by atoms with E-state index in [2.05, 4.69) is 5.10 Å². The molecule has 1 aliphatic carbocycles. The smallest absolute Gasteiger partial charge is 0.389 e. The van der Waals surface area contributed by atoms with Crippen LogP contribution in [-0.2, 0) is 7.05 Å². The molecule has 0 aromatic heterocycles. The number of hydrogen-bond donors (Lipinski definition) is 1. The molecule has 0 unspecified atom stereocenters. The molecular formula is C16H15F3N2O2. The molecule has 0 saturated carbocycles. The maximum absolute atomic E-state index is 12.2. The molecule has 0 amide bonds. The van der Waals surface area contributed by atoms with Gasteiger partial charge in [0.25, 0.3) is 0 Å². The fourth-order valence-electron chi connectivity index (χ4n) is 2.54. The third kappa shape index (κ3) is 3.18. The van der Waals surface area contributed by atoms with Crippen molar-refractivity contribution >= 4 is 10.8 Å². The lowest BCUT2D eigenvalue weighted by Gasteiger charge is -2.10. The summed E-state index contributed by atoms with van der Waals surface area (Å²) in [6, 6.07) is 6.70. The number of aromatic nitrogens is 2. The van der Waals surface area contributed by atoms with Crippen molar-refractivity contribution in [1.29, 1.82) is 0 Å². The van der Waals surface area contributed by atoms with E-state index in [0.717, 1.165) is 5.56 Å². The van der Waals surface area contributed by atoms with Crippen LogP contribution in [-0.4, -0.2) is 27.7 Å². The van der Waals surface area contributed by atoms with Crippen LogP contribution in [0.3, 0.4) is 0 Å². The lowest BCUT2D eigenvalue weighted by atomic mass is 10.1. The Kier molecular flexibility index (Phi) is 3.79. The van der Waals surface area contributed by atoms with Crippen molar-refractivity contribution in [2.75, 3.05) is 6.61 Å². The molecule has 7 heteroatoms. The maximum Gasteiger partial charge on any atom is 0.389 e. The van der Waals surface area contributed by atoms with E-state index in [9.17, 15) is 18.3 Å². The fraction of sp³-hybridized carbons (Fsp3) is 0.312. The zero-order valence-electron chi connectivity index (χ0n) is 12.4. The first-order valence-electron chi connectivity index (χ1n) is 7.13. The van der Waals surface area contributed by atoms with Crippen LogP contribution in [0.25, 0.3) is 22.0 Å². The molecule has 0 bridgehead atoms. The summed E-state index contributed by atoms with van der Waals surface area (Å²) in [4.78, 5) is 0. The van der Waals surface area contributed by atoms with Gasteiger partial charge in [-0.2, -0.15) is 18.3 Å². The minimum absolute atomic E-state index is 0.0396. The third-order valence-corrected chi connectivity index (χ3v) is 3.58. The molecule has 1 aromatic rings. The fourth-order valence-corrected chi connectivity index (χ4v) is 2.54. The van der Waals surface area contributed by atoms with E-state index in [4.69, 9.17) is 4.74 Å². The van der Waals surface area contributed by atoms with E-state index in [1.807, 2.05) is 12.1 Å². The standard InChI is InChI=1S/C16H15F3N2O2/c1-21-7-5-10-9-11-13(23-8-2-6-16(17,18)19)4-3-12(22)14(11)15(10)20-21/h3-5,7,9,22H,2,6,8H2,1H3. The summed E-state index contributed by atoms with van der Waals surface area (Å²) in [6.45, 7) is -0.0396. The lowest BCUT2D eigenvalue weighted by Crippen LogP contribution is -2.09. The molecule has 122 valence electrons. The number of halogens is 3. The number of fused-ring (bicyclic) bond motifs is 3. The number of aromatic hydroxyl groups is 1. The van der Waals surface area contributed by atoms with Crippen molar-refractivity contribution in [2.45, 2.75) is 19.0 Å². The Morgan fingerprint density at radius 3 is 2.78 bits per heavy atom. The van der Waals surface area contributed by atoms with Crippen molar-refractivity contribution < 1.29 is 23.0 Å². The number of aryl methyl sites for hydroxylation is 1. The van der Waals surface area contributed by atoms with E-state index in [0.29, 0.717) is 22.2 Å². The molecule has 1 heterocycles. The number of alkyl halides is 3. The Hall–Kier alpha value is -2.44. The van der Waals surface area contributed by atoms with Gasteiger partial charge in [0.1, 0.15) is 17.2 Å². The normalized spacial score (nSPS) is 12.2. The number of phenolic OH excluding ortho intramolecular Hbond substituents is 1. The first kappa shape index (κ1) is 15.5. The summed E-state index contributed by atoms with van der Waals surface area (Å²) in [7, 11) is 1.77. The zero-order chi connectivity index (χ0) is 16.6. The highest BCUT2D eigenvalue weighted by Crippen LogP contribution is 2.42. The number of ether oxygens (including phenoxy) is 1. The quantitative estimate of drug-likeness (QED) is 0.735. The average Bonchev–Trinajstić information content (AvgIpc) is 2.84. The number of nitrogens with zero attached hydrogens (tertiary/aromatic N) is 2. The molecule has 23 heavy (non-hydrogen) atoms. The van der Waals surface area contributed by atoms with Crippen molar-refractivity contribution in [3.8, 4) is 22.8 Å². The van der Waals surface area contributed by atoms with Crippen LogP contribution in [0.1, 0.15) is 12.8 Å². The van der Waals surface area contributed by atoms with Crippen LogP contribution in [0.2, 0.25) is 0 Å². The number of hydrogen-bond acceptors (Lipinski definition) is 3. The van der Waals surface area contributed by atoms with Crippen molar-refractivity contribution in [2.24, 2.45) is 7.05 Å². The molecule has 4 nitrogen and oxygen atoms in total. The van der Waals surface area contributed by atoms with Gasteiger partial charge in [-0.1, -0.05) is 0 Å². The van der Waals surface area contributed by atoms with E-state index < -0.39 is 12.6 Å². The number of benzene rings is 1. The van der Waals surface area contributed by atoms with Crippen LogP contribution < -0.4 is 4.74 Å². The Morgan fingerprint density at radius 2 is 2.04 bits per heavy atom. The first-order chi connectivity index (χ1) is 10.8. The third-order valence-electron chi connectivity index (χ3n) is 3.58. The molecule has 1 N–H and O–H groups in total. The lowest BCUT2D eigenvalue weighted by molar-refractivity contribution is -0.136. The minimum atomic E-state index is -4.18. The molecule has 2 aliphatic rings. The van der Waals surface area contributed by atoms with Gasteiger partial charge in [0.05, 0.1) is 12.0 Å². The monoisotopic (exact) mass is 324 g/mol. The van der Waals surface area contributed by atoms with E-state index in [1.54, 1.807) is 24.0 Å². The van der Waals surface area contributed by atoms with Gasteiger partial charge in [0, 0.05) is 30.6 Å². The van der Waals surface area contributed by atoms with E-state index in [1.165, 1.54) is 6.07 Å². The van der Waals surface area contributed by atoms with Crippen molar-refractivity contribution in [3.05, 3.63) is 30.5 Å². The van der Waals surface area contributed by atoms with Gasteiger partial charge in [0.15, 0.2) is 0 Å². The van der Waals surface area contributed by atoms with Gasteiger partial charge in [-0.25, -0.2) is 0 Å². The molecule has 0 radical (unpaired) electrons. The minimum Gasteiger partial charge on any atom is -0.507 e. The van der Waals surface area contributed by atoms with E-state index >= 15 is 0 Å². The average molecular weight is 324 g/mol. The zero-order valence-corrected chi connectivity index (χ0v) is 12.4. The topological polar surface area (TPSA) is 47.3 Å². The molecule has 1 aromatic carbocycles. The Bertz CT molecular complexity index is 811. The van der Waals surface area contributed by atoms with Crippen LogP contribution in [0.15, 0.2) is 30.5 Å². The molecule has 0 spiro atoms. The molecule has 3 rings (SSSR count). The SMILES string of the molecule is Cn1ccc2cc3c(OCCCC(F)(F)F)ccc(O)c3c-2n1. The second-order valence-electron chi connectivity index (χ2n) is 5.38. The molecule has 0 fully saturated rings. The molecule has 0 saturated heterocycles. The Morgan fingerprint density at radius 1 is 1.26 bits per heavy atom. The van der Waals surface area contributed by atoms with E-state index in [-0.39, 0.29) is 18.8 Å². The largest absolute Gasteiger partial charge is 0.507 e. The number of phenols is 1. The highest BCUT2D eigenvalue weighted by molar-refractivity contribution is 6.06. The summed E-state index contributed by atoms with van der Waals surface area (Å²) >= 11 is 0. The van der Waals surface area contributed by atoms with Crippen molar-refractivity contribution in [3.63, 3.8) is 0 Å². The maximum atomic E-state index is 12.2. The summed E-state index contributed by atoms with van der Waals surface area (Å²) < 4.78 is 43.6. The van der Waals surface area contributed by atoms with Crippen LogP contribution in [0.4, 0.5) is 13.2 Å². The van der Waals surface area contributed by atoms with Gasteiger partial charge in [-0.05, 0) is 30.7 Å². The Labute approximate surface area is 130 Å². The summed E-state index contributed by atoms with van der Waals surface area (Å²) in [5.41, 5.74) is 1.46.